The third-order valence-corrected chi connectivity index (χ3v) is 4.24. The van der Waals surface area contributed by atoms with E-state index in [2.05, 4.69) is 10.1 Å². The van der Waals surface area contributed by atoms with E-state index in [1.807, 2.05) is 31.5 Å². The number of nitrogens with zero attached hydrogens (tertiary/aromatic N) is 3. The molecule has 0 radical (unpaired) electrons. The third kappa shape index (κ3) is 2.51. The fourth-order valence-electron chi connectivity index (χ4n) is 1.51. The second-order valence-electron chi connectivity index (χ2n) is 3.52. The van der Waals surface area contributed by atoms with Crippen molar-refractivity contribution in [1.82, 2.24) is 14.8 Å². The van der Waals surface area contributed by atoms with Crippen LogP contribution in [0.5, 0.6) is 0 Å². The molecular formula is C11H13N5S2. The van der Waals surface area contributed by atoms with Gasteiger partial charge in [-0.1, -0.05) is 6.07 Å². The van der Waals surface area contributed by atoms with E-state index in [0.717, 1.165) is 20.5 Å². The maximum atomic E-state index is 7.71. The maximum Gasteiger partial charge on any atom is 0.190 e. The number of nitrogens with one attached hydrogen (secondary N) is 1. The van der Waals surface area contributed by atoms with Gasteiger partial charge in [0.25, 0.3) is 0 Å². The number of aryl methyl sites for hydroxylation is 1. The van der Waals surface area contributed by atoms with Gasteiger partial charge < -0.3 is 5.73 Å². The SMILES string of the molecule is CSc1cccc(Sc2ncnn2C)c1C(=N)N. The summed E-state index contributed by atoms with van der Waals surface area (Å²) < 4.78 is 1.69. The molecule has 1 aromatic carbocycles. The molecule has 0 bridgehead atoms. The first-order chi connectivity index (χ1) is 8.63. The van der Waals surface area contributed by atoms with Crippen molar-refractivity contribution in [1.29, 1.82) is 5.41 Å². The molecule has 2 aromatic rings. The van der Waals surface area contributed by atoms with Gasteiger partial charge in [-0.25, -0.2) is 9.67 Å². The van der Waals surface area contributed by atoms with Crippen LogP contribution >= 0.6 is 23.5 Å². The third-order valence-electron chi connectivity index (χ3n) is 2.35. The second-order valence-corrected chi connectivity index (χ2v) is 5.37. The first-order valence-electron chi connectivity index (χ1n) is 5.16. The van der Waals surface area contributed by atoms with E-state index >= 15 is 0 Å². The number of aromatic nitrogens is 3. The van der Waals surface area contributed by atoms with Crippen molar-refractivity contribution in [2.24, 2.45) is 12.8 Å². The fraction of sp³-hybridized carbons (Fsp3) is 0.182. The zero-order valence-corrected chi connectivity index (χ0v) is 11.7. The van der Waals surface area contributed by atoms with E-state index in [9.17, 15) is 0 Å². The van der Waals surface area contributed by atoms with E-state index in [1.54, 1.807) is 16.4 Å². The number of nitrogens with two attached hydrogens (primary N) is 1. The van der Waals surface area contributed by atoms with Crippen molar-refractivity contribution in [3.63, 3.8) is 0 Å². The number of hydrogen-bond donors (Lipinski definition) is 2. The molecule has 2 rings (SSSR count). The van der Waals surface area contributed by atoms with Crippen LogP contribution in [-0.2, 0) is 7.05 Å². The number of hydrogen-bond acceptors (Lipinski definition) is 5. The van der Waals surface area contributed by atoms with E-state index in [0.29, 0.717) is 0 Å². The van der Waals surface area contributed by atoms with Crippen LogP contribution in [0.15, 0.2) is 39.5 Å². The van der Waals surface area contributed by atoms with Gasteiger partial charge in [0.05, 0.1) is 0 Å². The molecule has 18 heavy (non-hydrogen) atoms. The average molecular weight is 279 g/mol. The average Bonchev–Trinajstić information content (AvgIpc) is 2.74. The molecule has 0 aliphatic carbocycles. The van der Waals surface area contributed by atoms with Crippen molar-refractivity contribution >= 4 is 29.4 Å². The van der Waals surface area contributed by atoms with Gasteiger partial charge in [0.1, 0.15) is 12.2 Å². The van der Waals surface area contributed by atoms with Crippen molar-refractivity contribution < 1.29 is 0 Å². The van der Waals surface area contributed by atoms with Crippen LogP contribution in [0.25, 0.3) is 0 Å². The van der Waals surface area contributed by atoms with Crippen molar-refractivity contribution in [3.8, 4) is 0 Å². The zero-order chi connectivity index (χ0) is 13.1. The minimum atomic E-state index is 0.0737. The Morgan fingerprint density at radius 1 is 1.39 bits per heavy atom. The highest BCUT2D eigenvalue weighted by atomic mass is 32.2. The quantitative estimate of drug-likeness (QED) is 0.508. The summed E-state index contributed by atoms with van der Waals surface area (Å²) in [5.74, 6) is 0.0737. The predicted octanol–water partition coefficient (Wildman–Crippen LogP) is 1.97. The van der Waals surface area contributed by atoms with Crippen LogP contribution in [0.1, 0.15) is 5.56 Å². The minimum absolute atomic E-state index is 0.0737. The molecule has 0 spiro atoms. The first-order valence-corrected chi connectivity index (χ1v) is 7.21. The van der Waals surface area contributed by atoms with Crippen LogP contribution in [0.2, 0.25) is 0 Å². The zero-order valence-electron chi connectivity index (χ0n) is 10.0. The Labute approximate surface area is 114 Å². The van der Waals surface area contributed by atoms with Gasteiger partial charge >= 0.3 is 0 Å². The van der Waals surface area contributed by atoms with Gasteiger partial charge in [0.15, 0.2) is 5.16 Å². The summed E-state index contributed by atoms with van der Waals surface area (Å²) in [6.45, 7) is 0. The molecule has 0 fully saturated rings. The molecule has 5 nitrogen and oxygen atoms in total. The van der Waals surface area contributed by atoms with Gasteiger partial charge in [-0.05, 0) is 30.2 Å². The molecule has 0 amide bonds. The smallest absolute Gasteiger partial charge is 0.190 e. The predicted molar refractivity (Wildman–Crippen MR) is 74.4 cm³/mol. The van der Waals surface area contributed by atoms with Crippen molar-refractivity contribution in [2.75, 3.05) is 6.26 Å². The van der Waals surface area contributed by atoms with E-state index < -0.39 is 0 Å². The minimum Gasteiger partial charge on any atom is -0.384 e. The monoisotopic (exact) mass is 279 g/mol. The molecule has 1 heterocycles. The standard InChI is InChI=1S/C11H13N5S2/c1-16-11(14-6-15-16)18-8-5-3-4-7(17-2)9(8)10(12)13/h3-6H,1-2H3,(H3,12,13). The van der Waals surface area contributed by atoms with Crippen LogP contribution < -0.4 is 5.73 Å². The topological polar surface area (TPSA) is 80.6 Å². The lowest BCUT2D eigenvalue weighted by molar-refractivity contribution is 0.685. The summed E-state index contributed by atoms with van der Waals surface area (Å²) in [4.78, 5) is 6.08. The molecule has 3 N–H and O–H groups in total. The lowest BCUT2D eigenvalue weighted by Gasteiger charge is -2.11. The number of amidine groups is 1. The molecule has 1 aromatic heterocycles. The van der Waals surface area contributed by atoms with E-state index in [4.69, 9.17) is 11.1 Å². The summed E-state index contributed by atoms with van der Waals surface area (Å²) in [6.07, 6.45) is 3.48. The second kappa shape index (κ2) is 5.45. The van der Waals surface area contributed by atoms with Crippen molar-refractivity contribution in [2.45, 2.75) is 14.9 Å². The molecular weight excluding hydrogens is 266 g/mol. The molecule has 0 saturated carbocycles. The molecule has 0 atom stereocenters. The number of benzene rings is 1. The summed E-state index contributed by atoms with van der Waals surface area (Å²) in [5.41, 5.74) is 6.43. The largest absolute Gasteiger partial charge is 0.384 e. The van der Waals surface area contributed by atoms with E-state index in [1.165, 1.54) is 18.1 Å². The fourth-order valence-corrected chi connectivity index (χ4v) is 3.16. The Morgan fingerprint density at radius 2 is 2.11 bits per heavy atom. The summed E-state index contributed by atoms with van der Waals surface area (Å²) >= 11 is 3.04. The van der Waals surface area contributed by atoms with Crippen molar-refractivity contribution in [3.05, 3.63) is 30.1 Å². The molecule has 94 valence electrons. The Balaban J connectivity index is 2.44. The van der Waals surface area contributed by atoms with Crippen LogP contribution in [0, 0.1) is 5.41 Å². The highest BCUT2D eigenvalue weighted by molar-refractivity contribution is 7.99. The highest BCUT2D eigenvalue weighted by Gasteiger charge is 2.13. The Bertz CT molecular complexity index is 579. The Hall–Kier alpha value is -1.47. The number of thioether (sulfide) groups is 1. The van der Waals surface area contributed by atoms with E-state index in [-0.39, 0.29) is 5.84 Å². The Morgan fingerprint density at radius 3 is 2.67 bits per heavy atom. The van der Waals surface area contributed by atoms with Gasteiger partial charge in [0.2, 0.25) is 0 Å². The first kappa shape index (κ1) is 13.0. The van der Waals surface area contributed by atoms with Gasteiger partial charge in [0, 0.05) is 22.4 Å². The molecule has 0 unspecified atom stereocenters. The van der Waals surface area contributed by atoms with Gasteiger partial charge in [-0.2, -0.15) is 5.10 Å². The lowest BCUT2D eigenvalue weighted by atomic mass is 10.2. The molecule has 0 saturated heterocycles. The normalized spacial score (nSPS) is 10.6. The molecule has 7 heteroatoms. The van der Waals surface area contributed by atoms with Gasteiger partial charge in [-0.3, -0.25) is 5.41 Å². The Kier molecular flexibility index (Phi) is 3.93. The maximum absolute atomic E-state index is 7.71. The molecule has 0 aliphatic rings. The lowest BCUT2D eigenvalue weighted by Crippen LogP contribution is -2.13. The highest BCUT2D eigenvalue weighted by Crippen LogP contribution is 2.33. The van der Waals surface area contributed by atoms with Gasteiger partial charge in [-0.15, -0.1) is 11.8 Å². The molecule has 0 aliphatic heterocycles. The van der Waals surface area contributed by atoms with Crippen LogP contribution in [0.4, 0.5) is 0 Å². The number of nitrogen functional groups attached to an aromatic ring is 1. The van der Waals surface area contributed by atoms with Crippen LogP contribution in [0.3, 0.4) is 0 Å². The summed E-state index contributed by atoms with van der Waals surface area (Å²) in [5, 5.41) is 12.5. The number of rotatable bonds is 4. The van der Waals surface area contributed by atoms with Crippen LogP contribution in [-0.4, -0.2) is 26.9 Å². The summed E-state index contributed by atoms with van der Waals surface area (Å²) in [6, 6.07) is 5.86. The summed E-state index contributed by atoms with van der Waals surface area (Å²) in [7, 11) is 1.83.